The average molecular weight is 463 g/mol. The third-order valence-corrected chi connectivity index (χ3v) is 7.04. The number of hydrogen-bond donors (Lipinski definition) is 1. The number of carbonyl (C=O) groups is 2. The fourth-order valence-electron chi connectivity index (χ4n) is 4.39. The van der Waals surface area contributed by atoms with Crippen LogP contribution in [0, 0.1) is 5.92 Å². The molecule has 1 N–H and O–H groups in total. The van der Waals surface area contributed by atoms with E-state index in [-0.39, 0.29) is 12.5 Å². The molecule has 1 aromatic heterocycles. The predicted octanol–water partition coefficient (Wildman–Crippen LogP) is 6.00. The zero-order valence-electron chi connectivity index (χ0n) is 19.1. The minimum Gasteiger partial charge on any atom is -0.462 e. The van der Waals surface area contributed by atoms with Gasteiger partial charge >= 0.3 is 5.97 Å². The maximum atomic E-state index is 13.7. The Hall–Kier alpha value is -2.96. The van der Waals surface area contributed by atoms with Gasteiger partial charge in [-0.3, -0.25) is 9.69 Å². The molecule has 1 fully saturated rings. The van der Waals surface area contributed by atoms with Crippen LogP contribution in [0.4, 0.5) is 5.00 Å². The van der Waals surface area contributed by atoms with E-state index in [4.69, 9.17) is 4.74 Å². The van der Waals surface area contributed by atoms with Crippen molar-refractivity contribution in [3.8, 4) is 10.4 Å². The monoisotopic (exact) mass is 462 g/mol. The number of anilines is 1. The van der Waals surface area contributed by atoms with Gasteiger partial charge in [0.05, 0.1) is 12.2 Å². The lowest BCUT2D eigenvalue weighted by molar-refractivity contribution is -0.122. The Morgan fingerprint density at radius 3 is 2.48 bits per heavy atom. The number of rotatable bonds is 7. The lowest BCUT2D eigenvalue weighted by Gasteiger charge is -2.36. The third-order valence-electron chi connectivity index (χ3n) is 5.94. The standard InChI is InChI=1S/C27H30N2O3S/c1-3-32-27(31)22-17-23(20-12-6-4-7-13-20)33-26(22)28-25(30)24(21-14-8-5-9-15-21)29-16-10-11-19(2)18-29/h4-9,12-15,17,19,24H,3,10-11,16,18H2,1-2H3,(H,28,30)/t19-,24-/m0/s1. The lowest BCUT2D eigenvalue weighted by atomic mass is 9.95. The van der Waals surface area contributed by atoms with Crippen LogP contribution in [0.5, 0.6) is 0 Å². The Kier molecular flexibility index (Phi) is 7.57. The second-order valence-corrected chi connectivity index (χ2v) is 9.54. The molecule has 2 atom stereocenters. The van der Waals surface area contributed by atoms with Crippen LogP contribution in [-0.2, 0) is 9.53 Å². The number of amides is 1. The zero-order valence-corrected chi connectivity index (χ0v) is 19.9. The highest BCUT2D eigenvalue weighted by molar-refractivity contribution is 7.20. The number of benzene rings is 2. The minimum atomic E-state index is -0.422. The molecule has 0 bridgehead atoms. The summed E-state index contributed by atoms with van der Waals surface area (Å²) >= 11 is 1.40. The summed E-state index contributed by atoms with van der Waals surface area (Å²) in [4.78, 5) is 29.6. The maximum Gasteiger partial charge on any atom is 0.341 e. The molecule has 0 radical (unpaired) electrons. The number of nitrogens with one attached hydrogen (secondary N) is 1. The molecule has 0 saturated carbocycles. The second-order valence-electron chi connectivity index (χ2n) is 8.48. The second kappa shape index (κ2) is 10.8. The summed E-state index contributed by atoms with van der Waals surface area (Å²) in [6.45, 7) is 6.04. The molecule has 0 aliphatic carbocycles. The number of piperidine rings is 1. The first-order valence-electron chi connectivity index (χ1n) is 11.5. The number of esters is 1. The molecule has 1 saturated heterocycles. The van der Waals surface area contributed by atoms with Crippen LogP contribution in [0.3, 0.4) is 0 Å². The number of nitrogens with zero attached hydrogens (tertiary/aromatic N) is 1. The van der Waals surface area contributed by atoms with Crippen molar-refractivity contribution in [2.45, 2.75) is 32.7 Å². The van der Waals surface area contributed by atoms with Gasteiger partial charge in [-0.2, -0.15) is 0 Å². The van der Waals surface area contributed by atoms with Gasteiger partial charge in [0.2, 0.25) is 5.91 Å². The van der Waals surface area contributed by atoms with E-state index in [0.717, 1.165) is 35.5 Å². The smallest absolute Gasteiger partial charge is 0.341 e. The molecule has 6 heteroatoms. The van der Waals surface area contributed by atoms with Crippen molar-refractivity contribution in [3.63, 3.8) is 0 Å². The van der Waals surface area contributed by atoms with Gasteiger partial charge in [-0.05, 0) is 49.4 Å². The van der Waals surface area contributed by atoms with Crippen LogP contribution in [0.25, 0.3) is 10.4 Å². The molecule has 3 aromatic rings. The summed E-state index contributed by atoms with van der Waals surface area (Å²) in [5.74, 6) is -0.00401. The highest BCUT2D eigenvalue weighted by atomic mass is 32.1. The Balaban J connectivity index is 1.67. The van der Waals surface area contributed by atoms with Gasteiger partial charge in [0.25, 0.3) is 0 Å². The summed E-state index contributed by atoms with van der Waals surface area (Å²) in [6.07, 6.45) is 2.25. The van der Waals surface area contributed by atoms with Gasteiger partial charge in [0.1, 0.15) is 11.0 Å². The normalized spacial score (nSPS) is 17.3. The SMILES string of the molecule is CCOC(=O)c1cc(-c2ccccc2)sc1NC(=O)[C@H](c1ccccc1)N1CCC[C@H](C)C1. The van der Waals surface area contributed by atoms with Crippen molar-refractivity contribution in [1.82, 2.24) is 4.90 Å². The summed E-state index contributed by atoms with van der Waals surface area (Å²) in [5.41, 5.74) is 2.35. The van der Waals surface area contributed by atoms with Gasteiger partial charge < -0.3 is 10.1 Å². The Labute approximate surface area is 199 Å². The fourth-order valence-corrected chi connectivity index (χ4v) is 5.45. The van der Waals surface area contributed by atoms with E-state index in [2.05, 4.69) is 17.1 Å². The number of likely N-dealkylation sites (tertiary alicyclic amines) is 1. The van der Waals surface area contributed by atoms with Gasteiger partial charge in [0, 0.05) is 11.4 Å². The molecule has 0 spiro atoms. The average Bonchev–Trinajstić information content (AvgIpc) is 3.24. The van der Waals surface area contributed by atoms with E-state index >= 15 is 0 Å². The van der Waals surface area contributed by atoms with Crippen LogP contribution < -0.4 is 5.32 Å². The van der Waals surface area contributed by atoms with Crippen molar-refractivity contribution in [2.24, 2.45) is 5.92 Å². The number of thiophene rings is 1. The summed E-state index contributed by atoms with van der Waals surface area (Å²) in [7, 11) is 0. The zero-order chi connectivity index (χ0) is 23.2. The van der Waals surface area contributed by atoms with Crippen molar-refractivity contribution >= 4 is 28.2 Å². The molecule has 1 aliphatic rings. The van der Waals surface area contributed by atoms with Crippen molar-refractivity contribution < 1.29 is 14.3 Å². The molecule has 172 valence electrons. The first-order valence-corrected chi connectivity index (χ1v) is 12.3. The fraction of sp³-hybridized carbons (Fsp3) is 0.333. The minimum absolute atomic E-state index is 0.123. The first kappa shape index (κ1) is 23.2. The molecule has 5 nitrogen and oxygen atoms in total. The number of hydrogen-bond acceptors (Lipinski definition) is 5. The van der Waals surface area contributed by atoms with Crippen molar-refractivity contribution in [3.05, 3.63) is 77.9 Å². The van der Waals surface area contributed by atoms with Crippen molar-refractivity contribution in [2.75, 3.05) is 25.0 Å². The van der Waals surface area contributed by atoms with Crippen LogP contribution in [0.15, 0.2) is 66.7 Å². The van der Waals surface area contributed by atoms with E-state index in [0.29, 0.717) is 16.5 Å². The van der Waals surface area contributed by atoms with E-state index < -0.39 is 12.0 Å². The maximum absolute atomic E-state index is 13.7. The molecule has 1 amide bonds. The van der Waals surface area contributed by atoms with E-state index in [1.807, 2.05) is 66.7 Å². The Bertz CT molecular complexity index is 1080. The molecule has 0 unspecified atom stereocenters. The number of carbonyl (C=O) groups excluding carboxylic acids is 2. The molecule has 2 aromatic carbocycles. The summed E-state index contributed by atoms with van der Waals surface area (Å²) in [5, 5.41) is 3.62. The highest BCUT2D eigenvalue weighted by Crippen LogP contribution is 2.37. The summed E-state index contributed by atoms with van der Waals surface area (Å²) in [6, 6.07) is 21.2. The third kappa shape index (κ3) is 5.52. The molecule has 1 aliphatic heterocycles. The molecular formula is C27H30N2O3S. The van der Waals surface area contributed by atoms with Crippen LogP contribution >= 0.6 is 11.3 Å². The van der Waals surface area contributed by atoms with Crippen LogP contribution in [-0.4, -0.2) is 36.5 Å². The quantitative estimate of drug-likeness (QED) is 0.437. The van der Waals surface area contributed by atoms with Gasteiger partial charge in [0.15, 0.2) is 0 Å². The number of ether oxygens (including phenoxy) is 1. The van der Waals surface area contributed by atoms with E-state index in [1.165, 1.54) is 17.8 Å². The largest absolute Gasteiger partial charge is 0.462 e. The predicted molar refractivity (Wildman–Crippen MR) is 133 cm³/mol. The highest BCUT2D eigenvalue weighted by Gasteiger charge is 2.32. The summed E-state index contributed by atoms with van der Waals surface area (Å²) < 4.78 is 5.28. The molecule has 33 heavy (non-hydrogen) atoms. The van der Waals surface area contributed by atoms with Crippen LogP contribution in [0.2, 0.25) is 0 Å². The molecule has 4 rings (SSSR count). The van der Waals surface area contributed by atoms with E-state index in [9.17, 15) is 9.59 Å². The topological polar surface area (TPSA) is 58.6 Å². The molecular weight excluding hydrogens is 432 g/mol. The van der Waals surface area contributed by atoms with Gasteiger partial charge in [-0.1, -0.05) is 67.6 Å². The Morgan fingerprint density at radius 2 is 1.82 bits per heavy atom. The Morgan fingerprint density at radius 1 is 1.12 bits per heavy atom. The van der Waals surface area contributed by atoms with Gasteiger partial charge in [-0.15, -0.1) is 11.3 Å². The lowest BCUT2D eigenvalue weighted by Crippen LogP contribution is -2.42. The first-order chi connectivity index (χ1) is 16.1. The van der Waals surface area contributed by atoms with Crippen LogP contribution in [0.1, 0.15) is 48.7 Å². The van der Waals surface area contributed by atoms with E-state index in [1.54, 1.807) is 6.92 Å². The van der Waals surface area contributed by atoms with Crippen molar-refractivity contribution in [1.29, 1.82) is 0 Å². The molecule has 2 heterocycles. The van der Waals surface area contributed by atoms with Gasteiger partial charge in [-0.25, -0.2) is 4.79 Å².